The van der Waals surface area contributed by atoms with Gasteiger partial charge in [-0.1, -0.05) is 54.6 Å². The molecule has 0 saturated carbocycles. The number of hydrogen-bond acceptors (Lipinski definition) is 2. The van der Waals surface area contributed by atoms with Crippen molar-refractivity contribution in [2.45, 2.75) is 46.6 Å². The number of benzene rings is 2. The van der Waals surface area contributed by atoms with Gasteiger partial charge in [-0.05, 0) is 74.3 Å². The molecule has 0 atom stereocenters. The van der Waals surface area contributed by atoms with Crippen molar-refractivity contribution in [2.24, 2.45) is 5.92 Å². The lowest BCUT2D eigenvalue weighted by atomic mass is 9.90. The molecule has 3 heterocycles. The van der Waals surface area contributed by atoms with Crippen LogP contribution in [0, 0.1) is 26.7 Å². The summed E-state index contributed by atoms with van der Waals surface area (Å²) in [4.78, 5) is 7.45. The number of piperidine rings is 1. The van der Waals surface area contributed by atoms with Crippen molar-refractivity contribution in [2.75, 3.05) is 18.0 Å². The van der Waals surface area contributed by atoms with Gasteiger partial charge in [-0.3, -0.25) is 0 Å². The first kappa shape index (κ1) is 23.4. The summed E-state index contributed by atoms with van der Waals surface area (Å²) in [6.07, 6.45) is 5.64. The highest BCUT2D eigenvalue weighted by atomic mass is 35.5. The van der Waals surface area contributed by atoms with Gasteiger partial charge < -0.3 is 9.47 Å². The van der Waals surface area contributed by atoms with Crippen molar-refractivity contribution in [1.82, 2.24) is 9.55 Å². The minimum absolute atomic E-state index is 0. The predicted octanol–water partition coefficient (Wildman–Crippen LogP) is 6.89. The Morgan fingerprint density at radius 1 is 0.879 bits per heavy atom. The number of nitrogens with zero attached hydrogens (tertiary/aromatic N) is 3. The molecule has 0 spiro atoms. The Labute approximate surface area is 203 Å². The Hall–Kier alpha value is -2.78. The normalized spacial score (nSPS) is 14.5. The van der Waals surface area contributed by atoms with E-state index in [0.717, 1.165) is 31.4 Å². The van der Waals surface area contributed by atoms with Crippen molar-refractivity contribution in [3.8, 4) is 0 Å². The van der Waals surface area contributed by atoms with Crippen molar-refractivity contribution in [1.29, 1.82) is 0 Å². The Kier molecular flexibility index (Phi) is 7.09. The van der Waals surface area contributed by atoms with Gasteiger partial charge in [-0.15, -0.1) is 12.4 Å². The molecule has 0 bridgehead atoms. The molecule has 0 N–H and O–H groups in total. The van der Waals surface area contributed by atoms with Gasteiger partial charge in [0, 0.05) is 36.9 Å². The molecule has 3 nitrogen and oxygen atoms in total. The average molecular weight is 460 g/mol. The van der Waals surface area contributed by atoms with E-state index in [1.54, 1.807) is 0 Å². The smallest absolute Gasteiger partial charge is 0.153 e. The molecule has 0 aliphatic carbocycles. The van der Waals surface area contributed by atoms with Crippen LogP contribution in [0.2, 0.25) is 0 Å². The van der Waals surface area contributed by atoms with Crippen LogP contribution in [-0.2, 0) is 13.0 Å². The van der Waals surface area contributed by atoms with Crippen molar-refractivity contribution < 1.29 is 0 Å². The van der Waals surface area contributed by atoms with E-state index in [2.05, 4.69) is 90.9 Å². The number of pyridine rings is 1. The molecule has 4 aromatic rings. The first-order valence-electron chi connectivity index (χ1n) is 11.9. The molecule has 1 aliphatic rings. The van der Waals surface area contributed by atoms with Gasteiger partial charge in [0.25, 0.3) is 0 Å². The topological polar surface area (TPSA) is 21.1 Å². The minimum atomic E-state index is 0. The van der Waals surface area contributed by atoms with E-state index in [1.807, 2.05) is 6.20 Å². The Bertz CT molecular complexity index is 1220. The summed E-state index contributed by atoms with van der Waals surface area (Å²) in [5.41, 5.74) is 8.20. The third-order valence-corrected chi connectivity index (χ3v) is 7.40. The highest BCUT2D eigenvalue weighted by Gasteiger charge is 2.24. The number of rotatable bonds is 5. The van der Waals surface area contributed by atoms with Crippen LogP contribution in [0.5, 0.6) is 0 Å². The van der Waals surface area contributed by atoms with E-state index < -0.39 is 0 Å². The number of fused-ring (bicyclic) bond motifs is 1. The zero-order valence-corrected chi connectivity index (χ0v) is 20.7. The second-order valence-electron chi connectivity index (χ2n) is 9.37. The third kappa shape index (κ3) is 4.65. The maximum absolute atomic E-state index is 4.92. The molecule has 2 aromatic heterocycles. The summed E-state index contributed by atoms with van der Waals surface area (Å²) in [6.45, 7) is 9.77. The van der Waals surface area contributed by atoms with E-state index in [0.29, 0.717) is 0 Å². The lowest BCUT2D eigenvalue weighted by molar-refractivity contribution is 0.402. The second-order valence-corrected chi connectivity index (χ2v) is 9.37. The fraction of sp³-hybridized carbons (Fsp3) is 0.345. The van der Waals surface area contributed by atoms with Gasteiger partial charge in [-0.2, -0.15) is 0 Å². The summed E-state index contributed by atoms with van der Waals surface area (Å²) in [5.74, 6) is 1.92. The molecule has 4 heteroatoms. The van der Waals surface area contributed by atoms with Gasteiger partial charge in [-0.25, -0.2) is 4.98 Å². The fourth-order valence-corrected chi connectivity index (χ4v) is 5.26. The molecule has 33 heavy (non-hydrogen) atoms. The Morgan fingerprint density at radius 3 is 2.30 bits per heavy atom. The molecule has 5 rings (SSSR count). The Morgan fingerprint density at radius 2 is 1.58 bits per heavy atom. The summed E-state index contributed by atoms with van der Waals surface area (Å²) < 4.78 is 2.49. The van der Waals surface area contributed by atoms with Crippen molar-refractivity contribution in [3.05, 3.63) is 94.8 Å². The number of hydrogen-bond donors (Lipinski definition) is 0. The van der Waals surface area contributed by atoms with E-state index in [4.69, 9.17) is 4.98 Å². The quantitative estimate of drug-likeness (QED) is 0.324. The van der Waals surface area contributed by atoms with Gasteiger partial charge in [0.15, 0.2) is 5.82 Å². The van der Waals surface area contributed by atoms with Crippen molar-refractivity contribution in [3.63, 3.8) is 0 Å². The summed E-state index contributed by atoms with van der Waals surface area (Å²) in [5, 5.41) is 1.34. The highest BCUT2D eigenvalue weighted by Crippen LogP contribution is 2.34. The molecule has 0 radical (unpaired) electrons. The maximum Gasteiger partial charge on any atom is 0.153 e. The molecular weight excluding hydrogens is 426 g/mol. The molecular formula is C29H34ClN3. The summed E-state index contributed by atoms with van der Waals surface area (Å²) >= 11 is 0. The number of anilines is 1. The fourth-order valence-electron chi connectivity index (χ4n) is 5.26. The van der Waals surface area contributed by atoms with Crippen LogP contribution in [0.1, 0.15) is 40.8 Å². The molecule has 2 aromatic carbocycles. The standard InChI is InChI=1S/C29H33N3.ClH/c1-21-9-7-8-12-26(21)20-32-23(3)22(2)27-13-16-30-29(28(27)32)31-17-14-25(15-18-31)19-24-10-5-4-6-11-24;/h4-13,16,25H,14-15,17-20H2,1-3H3;1H. The molecule has 1 aliphatic heterocycles. The zero-order valence-electron chi connectivity index (χ0n) is 19.9. The van der Waals surface area contributed by atoms with E-state index in [-0.39, 0.29) is 12.4 Å². The molecule has 0 unspecified atom stereocenters. The lowest BCUT2D eigenvalue weighted by Gasteiger charge is -2.33. The van der Waals surface area contributed by atoms with E-state index in [1.165, 1.54) is 58.1 Å². The van der Waals surface area contributed by atoms with Crippen LogP contribution in [-0.4, -0.2) is 22.6 Å². The summed E-state index contributed by atoms with van der Waals surface area (Å²) in [7, 11) is 0. The van der Waals surface area contributed by atoms with Crippen LogP contribution >= 0.6 is 12.4 Å². The molecule has 0 amide bonds. The van der Waals surface area contributed by atoms with Crippen molar-refractivity contribution >= 4 is 29.1 Å². The first-order valence-corrected chi connectivity index (χ1v) is 11.9. The largest absolute Gasteiger partial charge is 0.355 e. The number of aromatic nitrogens is 2. The molecule has 1 fully saturated rings. The van der Waals surface area contributed by atoms with Crippen LogP contribution in [0.15, 0.2) is 66.9 Å². The zero-order chi connectivity index (χ0) is 22.1. The minimum Gasteiger partial charge on any atom is -0.355 e. The van der Waals surface area contributed by atoms with E-state index >= 15 is 0 Å². The first-order chi connectivity index (χ1) is 15.6. The number of halogens is 1. The lowest BCUT2D eigenvalue weighted by Crippen LogP contribution is -2.35. The van der Waals surface area contributed by atoms with Crippen LogP contribution in [0.4, 0.5) is 5.82 Å². The van der Waals surface area contributed by atoms with Gasteiger partial charge >= 0.3 is 0 Å². The third-order valence-electron chi connectivity index (χ3n) is 7.40. The average Bonchev–Trinajstić information content (AvgIpc) is 3.07. The van der Waals surface area contributed by atoms with Crippen LogP contribution in [0.25, 0.3) is 10.9 Å². The Balaban J connectivity index is 0.00000259. The highest BCUT2D eigenvalue weighted by molar-refractivity contribution is 5.93. The monoisotopic (exact) mass is 459 g/mol. The van der Waals surface area contributed by atoms with E-state index in [9.17, 15) is 0 Å². The van der Waals surface area contributed by atoms with Gasteiger partial charge in [0.2, 0.25) is 0 Å². The molecule has 172 valence electrons. The van der Waals surface area contributed by atoms with Gasteiger partial charge in [0.1, 0.15) is 0 Å². The van der Waals surface area contributed by atoms with Crippen LogP contribution in [0.3, 0.4) is 0 Å². The van der Waals surface area contributed by atoms with Crippen LogP contribution < -0.4 is 4.90 Å². The SMILES string of the molecule is Cc1ccccc1Cn1c(C)c(C)c2ccnc(N3CCC(Cc4ccccc4)CC3)c21.Cl. The molecule has 1 saturated heterocycles. The number of aryl methyl sites for hydroxylation is 2. The second kappa shape index (κ2) is 10.0. The predicted molar refractivity (Wildman–Crippen MR) is 142 cm³/mol. The maximum atomic E-state index is 4.92. The van der Waals surface area contributed by atoms with Gasteiger partial charge in [0.05, 0.1) is 5.52 Å². The summed E-state index contributed by atoms with van der Waals surface area (Å²) in [6, 6.07) is 21.9.